The highest BCUT2D eigenvalue weighted by molar-refractivity contribution is 5.53. The lowest BCUT2D eigenvalue weighted by molar-refractivity contribution is 0.258. The molecule has 2 aliphatic heterocycles. The minimum atomic E-state index is -0.184. The Morgan fingerprint density at radius 2 is 1.56 bits per heavy atom. The lowest BCUT2D eigenvalue weighted by atomic mass is 9.69. The summed E-state index contributed by atoms with van der Waals surface area (Å²) in [6, 6.07) is 33.2. The van der Waals surface area contributed by atoms with E-state index in [0.29, 0.717) is 12.5 Å². The fourth-order valence-electron chi connectivity index (χ4n) is 6.56. The predicted molar refractivity (Wildman–Crippen MR) is 153 cm³/mol. The highest BCUT2D eigenvalue weighted by Crippen LogP contribution is 2.47. The molecule has 39 heavy (non-hydrogen) atoms. The van der Waals surface area contributed by atoms with Gasteiger partial charge >= 0.3 is 0 Å². The standard InChI is InChI=1S/C35H34FNO2/c36-29-11-6-26(7-12-29)32-16-10-28-22-31(38-23-25-4-2-1-3-5-25)15-17-33(28)34(32)27-8-13-30(14-9-27)37-20-18-35(19-21-37)24-39-35/h1-9,11-15,17,22,32,34H,10,16,18-21,23-24H2. The molecule has 2 heterocycles. The monoisotopic (exact) mass is 519 g/mol. The number of nitrogens with zero attached hydrogens (tertiary/aromatic N) is 1. The van der Waals surface area contributed by atoms with Gasteiger partial charge in [0.2, 0.25) is 0 Å². The maximum atomic E-state index is 13.8. The summed E-state index contributed by atoms with van der Waals surface area (Å²) in [5.74, 6) is 1.23. The van der Waals surface area contributed by atoms with Crippen LogP contribution in [0.2, 0.25) is 0 Å². The van der Waals surface area contributed by atoms with Crippen LogP contribution in [0.15, 0.2) is 97.1 Å². The average molecular weight is 520 g/mol. The summed E-state index contributed by atoms with van der Waals surface area (Å²) in [5, 5.41) is 0. The predicted octanol–water partition coefficient (Wildman–Crippen LogP) is 7.64. The van der Waals surface area contributed by atoms with Gasteiger partial charge in [-0.3, -0.25) is 0 Å². The van der Waals surface area contributed by atoms with Gasteiger partial charge in [-0.05, 0) is 95.8 Å². The van der Waals surface area contributed by atoms with Crippen molar-refractivity contribution in [3.63, 3.8) is 0 Å². The number of halogens is 1. The van der Waals surface area contributed by atoms with Gasteiger partial charge in [-0.25, -0.2) is 4.39 Å². The zero-order valence-electron chi connectivity index (χ0n) is 22.2. The second-order valence-corrected chi connectivity index (χ2v) is 11.4. The molecule has 0 bridgehead atoms. The number of benzene rings is 4. The van der Waals surface area contributed by atoms with E-state index in [-0.39, 0.29) is 17.3 Å². The Morgan fingerprint density at radius 1 is 0.846 bits per heavy atom. The molecule has 2 fully saturated rings. The van der Waals surface area contributed by atoms with Crippen molar-refractivity contribution in [2.24, 2.45) is 0 Å². The van der Waals surface area contributed by atoms with Crippen molar-refractivity contribution in [2.45, 2.75) is 49.7 Å². The highest BCUT2D eigenvalue weighted by Gasteiger charge is 2.46. The van der Waals surface area contributed by atoms with Gasteiger partial charge in [0.15, 0.2) is 0 Å². The molecule has 3 aliphatic rings. The number of aryl methyl sites for hydroxylation is 1. The number of fused-ring (bicyclic) bond motifs is 1. The Balaban J connectivity index is 1.17. The molecule has 0 N–H and O–H groups in total. The molecule has 0 amide bonds. The van der Waals surface area contributed by atoms with Crippen LogP contribution in [0.5, 0.6) is 5.75 Å². The summed E-state index contributed by atoms with van der Waals surface area (Å²) >= 11 is 0. The Morgan fingerprint density at radius 3 is 2.28 bits per heavy atom. The van der Waals surface area contributed by atoms with Crippen LogP contribution in [0.3, 0.4) is 0 Å². The van der Waals surface area contributed by atoms with Gasteiger partial charge < -0.3 is 14.4 Å². The number of epoxide rings is 1. The molecular formula is C35H34FNO2. The maximum Gasteiger partial charge on any atom is 0.123 e. The summed E-state index contributed by atoms with van der Waals surface area (Å²) in [6.07, 6.45) is 4.23. The van der Waals surface area contributed by atoms with Crippen molar-refractivity contribution >= 4 is 5.69 Å². The highest BCUT2D eigenvalue weighted by atomic mass is 19.1. The molecule has 2 unspecified atom stereocenters. The first-order valence-corrected chi connectivity index (χ1v) is 14.2. The van der Waals surface area contributed by atoms with Gasteiger partial charge in [-0.2, -0.15) is 0 Å². The first-order chi connectivity index (χ1) is 19.2. The normalized spacial score (nSPS) is 21.4. The van der Waals surface area contributed by atoms with Gasteiger partial charge in [0.05, 0.1) is 12.2 Å². The number of anilines is 1. The summed E-state index contributed by atoms with van der Waals surface area (Å²) in [4.78, 5) is 2.49. The van der Waals surface area contributed by atoms with E-state index in [9.17, 15) is 4.39 Å². The van der Waals surface area contributed by atoms with Gasteiger partial charge in [-0.1, -0.05) is 60.7 Å². The number of ether oxygens (including phenoxy) is 2. The van der Waals surface area contributed by atoms with Crippen LogP contribution in [-0.2, 0) is 17.8 Å². The van der Waals surface area contributed by atoms with Crippen molar-refractivity contribution in [3.8, 4) is 5.75 Å². The third-order valence-corrected chi connectivity index (χ3v) is 8.97. The van der Waals surface area contributed by atoms with Crippen molar-refractivity contribution in [3.05, 3.63) is 131 Å². The van der Waals surface area contributed by atoms with Gasteiger partial charge in [0.1, 0.15) is 18.2 Å². The number of hydrogen-bond acceptors (Lipinski definition) is 3. The number of hydrogen-bond donors (Lipinski definition) is 0. The smallest absolute Gasteiger partial charge is 0.123 e. The molecule has 0 saturated carbocycles. The van der Waals surface area contributed by atoms with E-state index in [0.717, 1.165) is 56.7 Å². The molecule has 4 heteroatoms. The van der Waals surface area contributed by atoms with Crippen LogP contribution >= 0.6 is 0 Å². The molecule has 4 aromatic rings. The van der Waals surface area contributed by atoms with Crippen LogP contribution in [0.25, 0.3) is 0 Å². The second-order valence-electron chi connectivity index (χ2n) is 11.4. The maximum absolute atomic E-state index is 13.8. The van der Waals surface area contributed by atoms with E-state index in [4.69, 9.17) is 9.47 Å². The molecule has 7 rings (SSSR count). The first kappa shape index (κ1) is 24.4. The van der Waals surface area contributed by atoms with E-state index >= 15 is 0 Å². The first-order valence-electron chi connectivity index (χ1n) is 14.2. The zero-order chi connectivity index (χ0) is 26.2. The van der Waals surface area contributed by atoms with Crippen LogP contribution in [0.4, 0.5) is 10.1 Å². The van der Waals surface area contributed by atoms with E-state index < -0.39 is 0 Å². The summed E-state index contributed by atoms with van der Waals surface area (Å²) in [6.45, 7) is 3.60. The molecule has 0 aromatic heterocycles. The summed E-state index contributed by atoms with van der Waals surface area (Å²) < 4.78 is 25.7. The molecular weight excluding hydrogens is 485 g/mol. The Kier molecular flexibility index (Phi) is 6.36. The van der Waals surface area contributed by atoms with Gasteiger partial charge in [-0.15, -0.1) is 0 Å². The summed E-state index contributed by atoms with van der Waals surface area (Å²) in [7, 11) is 0. The molecule has 1 spiro atoms. The van der Waals surface area contributed by atoms with Crippen LogP contribution in [0.1, 0.15) is 58.9 Å². The lowest BCUT2D eigenvalue weighted by Gasteiger charge is -2.36. The fourth-order valence-corrected chi connectivity index (χ4v) is 6.56. The van der Waals surface area contributed by atoms with E-state index in [1.165, 1.54) is 27.9 Å². The molecule has 2 saturated heterocycles. The Labute approximate surface area is 230 Å². The number of rotatable bonds is 6. The second kappa shape index (κ2) is 10.2. The Hall–Kier alpha value is -3.63. The molecule has 4 aromatic carbocycles. The quantitative estimate of drug-likeness (QED) is 0.245. The molecule has 1 aliphatic carbocycles. The van der Waals surface area contributed by atoms with E-state index in [1.807, 2.05) is 30.3 Å². The van der Waals surface area contributed by atoms with Crippen LogP contribution < -0.4 is 9.64 Å². The molecule has 2 atom stereocenters. The van der Waals surface area contributed by atoms with Crippen molar-refractivity contribution in [1.29, 1.82) is 0 Å². The van der Waals surface area contributed by atoms with Crippen LogP contribution in [0, 0.1) is 5.82 Å². The largest absolute Gasteiger partial charge is 0.489 e. The fraction of sp³-hybridized carbons (Fsp3) is 0.314. The third-order valence-electron chi connectivity index (χ3n) is 8.97. The Bertz CT molecular complexity index is 1420. The number of piperidine rings is 1. The molecule has 198 valence electrons. The van der Waals surface area contributed by atoms with Crippen molar-refractivity contribution < 1.29 is 13.9 Å². The zero-order valence-corrected chi connectivity index (χ0v) is 22.2. The minimum absolute atomic E-state index is 0.184. The van der Waals surface area contributed by atoms with Crippen LogP contribution in [-0.4, -0.2) is 25.3 Å². The lowest BCUT2D eigenvalue weighted by Crippen LogP contribution is -2.37. The topological polar surface area (TPSA) is 25.0 Å². The van der Waals surface area contributed by atoms with Gasteiger partial charge in [0, 0.05) is 24.7 Å². The SMILES string of the molecule is Fc1ccc(C2CCc3cc(OCc4ccccc4)ccc3C2c2ccc(N3CCC4(CC3)CO4)cc2)cc1. The molecule has 0 radical (unpaired) electrons. The van der Waals surface area contributed by atoms with E-state index in [1.54, 1.807) is 12.1 Å². The van der Waals surface area contributed by atoms with Crippen molar-refractivity contribution in [2.75, 3.05) is 24.6 Å². The summed E-state index contributed by atoms with van der Waals surface area (Å²) in [5.41, 5.74) is 7.84. The average Bonchev–Trinajstić information content (AvgIpc) is 3.75. The molecule has 3 nitrogen and oxygen atoms in total. The van der Waals surface area contributed by atoms with Crippen molar-refractivity contribution in [1.82, 2.24) is 0 Å². The minimum Gasteiger partial charge on any atom is -0.489 e. The van der Waals surface area contributed by atoms with E-state index in [2.05, 4.69) is 59.5 Å². The third kappa shape index (κ3) is 5.06. The van der Waals surface area contributed by atoms with Gasteiger partial charge in [0.25, 0.3) is 0 Å².